The van der Waals surface area contributed by atoms with Crippen LogP contribution in [0.5, 0.6) is 0 Å². The summed E-state index contributed by atoms with van der Waals surface area (Å²) < 4.78 is 0. The lowest BCUT2D eigenvalue weighted by Crippen LogP contribution is -2.28. The van der Waals surface area contributed by atoms with Gasteiger partial charge < -0.3 is 10.0 Å². The lowest BCUT2D eigenvalue weighted by atomic mass is 9.86. The van der Waals surface area contributed by atoms with E-state index in [1.807, 2.05) is 0 Å². The summed E-state index contributed by atoms with van der Waals surface area (Å²) in [4.78, 5) is 2.51. The number of benzene rings is 1. The third-order valence-electron chi connectivity index (χ3n) is 4.54. The van der Waals surface area contributed by atoms with Crippen LogP contribution in [0.1, 0.15) is 84.0 Å². The minimum Gasteiger partial charge on any atom is -0.388 e. The van der Waals surface area contributed by atoms with Crippen LogP contribution in [0, 0.1) is 0 Å². The Kier molecular flexibility index (Phi) is 8.86. The molecule has 1 N–H and O–H groups in total. The molecule has 0 amide bonds. The summed E-state index contributed by atoms with van der Waals surface area (Å²) in [6, 6.07) is 8.50. The fourth-order valence-corrected chi connectivity index (χ4v) is 2.78. The fraction of sp³-hybridized carbons (Fsp3) is 0.714. The Hall–Kier alpha value is -0.860. The first-order valence-electron chi connectivity index (χ1n) is 9.39. The van der Waals surface area contributed by atoms with Gasteiger partial charge in [-0.05, 0) is 48.9 Å². The molecule has 132 valence electrons. The molecule has 2 nitrogen and oxygen atoms in total. The average Bonchev–Trinajstić information content (AvgIpc) is 2.53. The summed E-state index contributed by atoms with van der Waals surface area (Å²) in [5, 5.41) is 10.5. The van der Waals surface area contributed by atoms with Gasteiger partial charge in [-0.1, -0.05) is 71.7 Å². The van der Waals surface area contributed by atoms with Crippen molar-refractivity contribution in [1.82, 2.24) is 4.90 Å². The molecule has 0 aromatic heterocycles. The molecule has 0 aliphatic rings. The summed E-state index contributed by atoms with van der Waals surface area (Å²) >= 11 is 0. The van der Waals surface area contributed by atoms with Gasteiger partial charge in [-0.15, -0.1) is 0 Å². The largest absolute Gasteiger partial charge is 0.388 e. The topological polar surface area (TPSA) is 23.5 Å². The second kappa shape index (κ2) is 10.1. The van der Waals surface area contributed by atoms with Gasteiger partial charge in [0.25, 0.3) is 0 Å². The van der Waals surface area contributed by atoms with Crippen molar-refractivity contribution in [1.29, 1.82) is 0 Å². The first-order valence-corrected chi connectivity index (χ1v) is 9.39. The Morgan fingerprint density at radius 1 is 0.913 bits per heavy atom. The van der Waals surface area contributed by atoms with E-state index in [4.69, 9.17) is 0 Å². The molecule has 0 heterocycles. The molecule has 0 radical (unpaired) electrons. The lowest BCUT2D eigenvalue weighted by molar-refractivity contribution is 0.140. The maximum Gasteiger partial charge on any atom is 0.0802 e. The molecule has 1 aromatic carbocycles. The van der Waals surface area contributed by atoms with E-state index >= 15 is 0 Å². The standard InChI is InChI=1S/C21H37NO/c1-6-8-15-22(16-9-7-2)17-14-20(23)18-10-12-19(13-11-18)21(3,4)5/h10-13,20,23H,6-9,14-17H2,1-5H3. The average molecular weight is 320 g/mol. The van der Waals surface area contributed by atoms with Gasteiger partial charge in [-0.3, -0.25) is 0 Å². The smallest absolute Gasteiger partial charge is 0.0802 e. The van der Waals surface area contributed by atoms with E-state index < -0.39 is 0 Å². The second-order valence-electron chi connectivity index (χ2n) is 7.73. The number of rotatable bonds is 10. The predicted molar refractivity (Wildman–Crippen MR) is 101 cm³/mol. The molecule has 0 aliphatic heterocycles. The molecule has 1 rings (SSSR count). The molecule has 1 unspecified atom stereocenters. The SMILES string of the molecule is CCCCN(CCCC)CCC(O)c1ccc(C(C)(C)C)cc1. The number of aliphatic hydroxyl groups excluding tert-OH is 1. The van der Waals surface area contributed by atoms with Crippen LogP contribution in [-0.4, -0.2) is 29.6 Å². The Labute approximate surface area is 143 Å². The molecule has 0 aliphatic carbocycles. The van der Waals surface area contributed by atoms with Gasteiger partial charge in [-0.2, -0.15) is 0 Å². The zero-order chi connectivity index (χ0) is 17.3. The molecular formula is C21H37NO. The van der Waals surface area contributed by atoms with Crippen LogP contribution in [0.15, 0.2) is 24.3 Å². The number of aliphatic hydroxyl groups is 1. The van der Waals surface area contributed by atoms with Gasteiger partial charge in [0.05, 0.1) is 6.10 Å². The molecule has 0 fully saturated rings. The van der Waals surface area contributed by atoms with Crippen molar-refractivity contribution in [3.05, 3.63) is 35.4 Å². The highest BCUT2D eigenvalue weighted by molar-refractivity contribution is 5.28. The summed E-state index contributed by atoms with van der Waals surface area (Å²) in [5.41, 5.74) is 2.53. The van der Waals surface area contributed by atoms with E-state index in [0.717, 1.165) is 31.6 Å². The summed E-state index contributed by atoms with van der Waals surface area (Å²) in [5.74, 6) is 0. The first kappa shape index (κ1) is 20.2. The molecule has 0 saturated carbocycles. The van der Waals surface area contributed by atoms with Crippen LogP contribution < -0.4 is 0 Å². The van der Waals surface area contributed by atoms with Crippen LogP contribution in [0.2, 0.25) is 0 Å². The number of unbranched alkanes of at least 4 members (excludes halogenated alkanes) is 2. The molecule has 23 heavy (non-hydrogen) atoms. The van der Waals surface area contributed by atoms with E-state index in [1.54, 1.807) is 0 Å². The van der Waals surface area contributed by atoms with Crippen molar-refractivity contribution in [3.63, 3.8) is 0 Å². The van der Waals surface area contributed by atoms with Crippen LogP contribution in [0.25, 0.3) is 0 Å². The minimum absolute atomic E-state index is 0.167. The van der Waals surface area contributed by atoms with Crippen molar-refractivity contribution in [3.8, 4) is 0 Å². The van der Waals surface area contributed by atoms with Gasteiger partial charge in [-0.25, -0.2) is 0 Å². The third-order valence-corrected chi connectivity index (χ3v) is 4.54. The Morgan fingerprint density at radius 3 is 1.87 bits per heavy atom. The van der Waals surface area contributed by atoms with Crippen molar-refractivity contribution in [2.75, 3.05) is 19.6 Å². The lowest BCUT2D eigenvalue weighted by Gasteiger charge is -2.24. The van der Waals surface area contributed by atoms with Crippen LogP contribution in [-0.2, 0) is 5.41 Å². The van der Waals surface area contributed by atoms with Gasteiger partial charge in [0, 0.05) is 6.54 Å². The quantitative estimate of drug-likeness (QED) is 0.631. The summed E-state index contributed by atoms with van der Waals surface area (Å²) in [6.07, 6.45) is 5.44. The van der Waals surface area contributed by atoms with E-state index in [-0.39, 0.29) is 11.5 Å². The fourth-order valence-electron chi connectivity index (χ4n) is 2.78. The normalized spacial score (nSPS) is 13.5. The molecule has 0 saturated heterocycles. The summed E-state index contributed by atoms with van der Waals surface area (Å²) in [6.45, 7) is 14.4. The highest BCUT2D eigenvalue weighted by Gasteiger charge is 2.15. The Balaban J connectivity index is 2.54. The van der Waals surface area contributed by atoms with Crippen LogP contribution >= 0.6 is 0 Å². The number of hydrogen-bond donors (Lipinski definition) is 1. The van der Waals surface area contributed by atoms with E-state index in [2.05, 4.69) is 63.8 Å². The maximum absolute atomic E-state index is 10.5. The Bertz CT molecular complexity index is 410. The van der Waals surface area contributed by atoms with Gasteiger partial charge in [0.15, 0.2) is 0 Å². The Morgan fingerprint density at radius 2 is 1.43 bits per heavy atom. The highest BCUT2D eigenvalue weighted by Crippen LogP contribution is 2.25. The van der Waals surface area contributed by atoms with Crippen LogP contribution in [0.4, 0.5) is 0 Å². The van der Waals surface area contributed by atoms with Crippen molar-refractivity contribution < 1.29 is 5.11 Å². The molecule has 0 bridgehead atoms. The predicted octanol–water partition coefficient (Wildman–Crippen LogP) is 5.31. The zero-order valence-electron chi connectivity index (χ0n) is 15.9. The van der Waals surface area contributed by atoms with Crippen molar-refractivity contribution in [2.24, 2.45) is 0 Å². The second-order valence-corrected chi connectivity index (χ2v) is 7.73. The molecule has 0 spiro atoms. The van der Waals surface area contributed by atoms with E-state index in [9.17, 15) is 5.11 Å². The molecule has 1 aromatic rings. The van der Waals surface area contributed by atoms with E-state index in [1.165, 1.54) is 31.2 Å². The summed E-state index contributed by atoms with van der Waals surface area (Å²) in [7, 11) is 0. The minimum atomic E-state index is -0.352. The highest BCUT2D eigenvalue weighted by atomic mass is 16.3. The van der Waals surface area contributed by atoms with Crippen LogP contribution in [0.3, 0.4) is 0 Å². The monoisotopic (exact) mass is 319 g/mol. The number of hydrogen-bond acceptors (Lipinski definition) is 2. The number of nitrogens with zero attached hydrogens (tertiary/aromatic N) is 1. The van der Waals surface area contributed by atoms with Gasteiger partial charge in [0.2, 0.25) is 0 Å². The van der Waals surface area contributed by atoms with Gasteiger partial charge in [0.1, 0.15) is 0 Å². The van der Waals surface area contributed by atoms with Crippen molar-refractivity contribution in [2.45, 2.75) is 78.2 Å². The third kappa shape index (κ3) is 7.50. The maximum atomic E-state index is 10.5. The molecule has 2 heteroatoms. The molecule has 1 atom stereocenters. The first-order chi connectivity index (χ1) is 10.9. The van der Waals surface area contributed by atoms with Gasteiger partial charge >= 0.3 is 0 Å². The van der Waals surface area contributed by atoms with Crippen molar-refractivity contribution >= 4 is 0 Å². The van der Waals surface area contributed by atoms with E-state index in [0.29, 0.717) is 0 Å². The zero-order valence-corrected chi connectivity index (χ0v) is 15.9. The molecular weight excluding hydrogens is 282 g/mol.